The number of rotatable bonds is 8. The van der Waals surface area contributed by atoms with Crippen LogP contribution in [-0.4, -0.2) is 62.8 Å². The molecule has 0 aromatic rings. The minimum atomic E-state index is -0.0803. The molecule has 1 heterocycles. The standard InChI is InChI=1S/C14H29N3O2/c1-11(2)17(3)8-6-5-7-15-14(18)13-9-12(19-4)10-16-13/h11-13,16H,5-10H2,1-4H3,(H,15,18). The maximum atomic E-state index is 11.9. The third-order valence-corrected chi connectivity index (χ3v) is 3.86. The summed E-state index contributed by atoms with van der Waals surface area (Å²) in [4.78, 5) is 14.2. The van der Waals surface area contributed by atoms with Gasteiger partial charge in [0.25, 0.3) is 0 Å². The van der Waals surface area contributed by atoms with Gasteiger partial charge in [-0.05, 0) is 46.7 Å². The maximum absolute atomic E-state index is 11.9. The van der Waals surface area contributed by atoms with Crippen molar-refractivity contribution in [1.29, 1.82) is 0 Å². The van der Waals surface area contributed by atoms with E-state index in [1.165, 1.54) is 0 Å². The summed E-state index contributed by atoms with van der Waals surface area (Å²) in [6, 6.07) is 0.506. The van der Waals surface area contributed by atoms with Gasteiger partial charge in [0.05, 0.1) is 12.1 Å². The number of hydrogen-bond acceptors (Lipinski definition) is 4. The highest BCUT2D eigenvalue weighted by atomic mass is 16.5. The summed E-state index contributed by atoms with van der Waals surface area (Å²) < 4.78 is 5.24. The number of hydrogen-bond donors (Lipinski definition) is 2. The summed E-state index contributed by atoms with van der Waals surface area (Å²) >= 11 is 0. The van der Waals surface area contributed by atoms with Gasteiger partial charge in [-0.15, -0.1) is 0 Å². The van der Waals surface area contributed by atoms with Gasteiger partial charge in [0.1, 0.15) is 0 Å². The van der Waals surface area contributed by atoms with E-state index in [4.69, 9.17) is 4.74 Å². The zero-order chi connectivity index (χ0) is 14.3. The Kier molecular flexibility index (Phi) is 7.34. The van der Waals surface area contributed by atoms with Gasteiger partial charge in [0, 0.05) is 26.2 Å². The number of nitrogens with one attached hydrogen (secondary N) is 2. The number of methoxy groups -OCH3 is 1. The van der Waals surface area contributed by atoms with Crippen molar-refractivity contribution in [1.82, 2.24) is 15.5 Å². The SMILES string of the molecule is COC1CNC(C(=O)NCCCCN(C)C(C)C)C1. The molecule has 2 N–H and O–H groups in total. The Morgan fingerprint density at radius 3 is 2.79 bits per heavy atom. The van der Waals surface area contributed by atoms with Crippen molar-refractivity contribution < 1.29 is 9.53 Å². The van der Waals surface area contributed by atoms with E-state index in [1.807, 2.05) is 0 Å². The van der Waals surface area contributed by atoms with E-state index < -0.39 is 0 Å². The highest BCUT2D eigenvalue weighted by Gasteiger charge is 2.28. The van der Waals surface area contributed by atoms with Gasteiger partial charge in [-0.3, -0.25) is 4.79 Å². The number of carbonyl (C=O) groups excluding carboxylic acids is 1. The molecule has 1 fully saturated rings. The van der Waals surface area contributed by atoms with Crippen LogP contribution in [0.25, 0.3) is 0 Å². The summed E-state index contributed by atoms with van der Waals surface area (Å²) in [6.07, 6.45) is 3.10. The topological polar surface area (TPSA) is 53.6 Å². The second-order valence-corrected chi connectivity index (χ2v) is 5.63. The third-order valence-electron chi connectivity index (χ3n) is 3.86. The lowest BCUT2D eigenvalue weighted by Gasteiger charge is -2.20. The van der Waals surface area contributed by atoms with Crippen LogP contribution in [-0.2, 0) is 9.53 Å². The monoisotopic (exact) mass is 271 g/mol. The van der Waals surface area contributed by atoms with Crippen LogP contribution in [0.1, 0.15) is 33.1 Å². The lowest BCUT2D eigenvalue weighted by molar-refractivity contribution is -0.122. The molecule has 112 valence electrons. The number of carbonyl (C=O) groups is 1. The second kappa shape index (κ2) is 8.51. The normalized spacial score (nSPS) is 23.3. The lowest BCUT2D eigenvalue weighted by atomic mass is 10.2. The van der Waals surface area contributed by atoms with Crippen LogP contribution in [0.4, 0.5) is 0 Å². The third kappa shape index (κ3) is 5.89. The molecule has 1 saturated heterocycles. The Bertz CT molecular complexity index is 271. The molecule has 1 amide bonds. The Labute approximate surface area is 117 Å². The Hall–Kier alpha value is -0.650. The van der Waals surface area contributed by atoms with Crippen LogP contribution in [0.5, 0.6) is 0 Å². The summed E-state index contributed by atoms with van der Waals surface area (Å²) in [5, 5.41) is 6.18. The van der Waals surface area contributed by atoms with Gasteiger partial charge in [-0.2, -0.15) is 0 Å². The molecular formula is C14H29N3O2. The highest BCUT2D eigenvalue weighted by molar-refractivity contribution is 5.82. The van der Waals surface area contributed by atoms with Crippen molar-refractivity contribution >= 4 is 5.91 Å². The fourth-order valence-corrected chi connectivity index (χ4v) is 2.16. The summed E-state index contributed by atoms with van der Waals surface area (Å²) in [6.45, 7) is 7.01. The molecule has 1 aliphatic heterocycles. The summed E-state index contributed by atoms with van der Waals surface area (Å²) in [7, 11) is 3.83. The molecule has 1 rings (SSSR count). The molecule has 0 aromatic heterocycles. The van der Waals surface area contributed by atoms with Crippen molar-refractivity contribution in [2.45, 2.75) is 51.3 Å². The molecule has 0 aromatic carbocycles. The number of ether oxygens (including phenoxy) is 1. The first-order chi connectivity index (χ1) is 9.04. The zero-order valence-corrected chi connectivity index (χ0v) is 12.7. The Morgan fingerprint density at radius 1 is 1.47 bits per heavy atom. The van der Waals surface area contributed by atoms with E-state index in [0.717, 1.165) is 38.9 Å². The second-order valence-electron chi connectivity index (χ2n) is 5.63. The van der Waals surface area contributed by atoms with Crippen LogP contribution < -0.4 is 10.6 Å². The Morgan fingerprint density at radius 2 is 2.21 bits per heavy atom. The van der Waals surface area contributed by atoms with Crippen molar-refractivity contribution in [2.75, 3.05) is 33.8 Å². The van der Waals surface area contributed by atoms with Gasteiger partial charge in [-0.1, -0.05) is 0 Å². The van der Waals surface area contributed by atoms with Crippen molar-refractivity contribution in [3.63, 3.8) is 0 Å². The van der Waals surface area contributed by atoms with Gasteiger partial charge < -0.3 is 20.3 Å². The van der Waals surface area contributed by atoms with Crippen molar-refractivity contribution in [3.8, 4) is 0 Å². The zero-order valence-electron chi connectivity index (χ0n) is 12.7. The van der Waals surface area contributed by atoms with Crippen molar-refractivity contribution in [3.05, 3.63) is 0 Å². The van der Waals surface area contributed by atoms with E-state index in [2.05, 4.69) is 36.4 Å². The van der Waals surface area contributed by atoms with Crippen LogP contribution in [0.15, 0.2) is 0 Å². The minimum absolute atomic E-state index is 0.0803. The van der Waals surface area contributed by atoms with Crippen LogP contribution in [0, 0.1) is 0 Å². The average molecular weight is 271 g/mol. The van der Waals surface area contributed by atoms with E-state index in [9.17, 15) is 4.79 Å². The molecular weight excluding hydrogens is 242 g/mol. The molecule has 0 bridgehead atoms. The van der Waals surface area contributed by atoms with E-state index in [-0.39, 0.29) is 18.1 Å². The highest BCUT2D eigenvalue weighted by Crippen LogP contribution is 2.09. The molecule has 2 unspecified atom stereocenters. The van der Waals surface area contributed by atoms with E-state index >= 15 is 0 Å². The molecule has 5 nitrogen and oxygen atoms in total. The predicted octanol–water partition coefficient (Wildman–Crippen LogP) is 0.600. The van der Waals surface area contributed by atoms with Crippen molar-refractivity contribution in [2.24, 2.45) is 0 Å². The molecule has 2 atom stereocenters. The first-order valence-electron chi connectivity index (χ1n) is 7.28. The van der Waals surface area contributed by atoms with Gasteiger partial charge in [-0.25, -0.2) is 0 Å². The Balaban J connectivity index is 2.05. The smallest absolute Gasteiger partial charge is 0.237 e. The molecule has 0 aliphatic carbocycles. The molecule has 0 radical (unpaired) electrons. The molecule has 5 heteroatoms. The maximum Gasteiger partial charge on any atom is 0.237 e. The molecule has 19 heavy (non-hydrogen) atoms. The fourth-order valence-electron chi connectivity index (χ4n) is 2.16. The first-order valence-corrected chi connectivity index (χ1v) is 7.28. The van der Waals surface area contributed by atoms with E-state index in [0.29, 0.717) is 6.04 Å². The van der Waals surface area contributed by atoms with Crippen LogP contribution in [0.2, 0.25) is 0 Å². The molecule has 1 aliphatic rings. The number of unbranched alkanes of at least 4 members (excludes halogenated alkanes) is 1. The summed E-state index contributed by atoms with van der Waals surface area (Å²) in [5.74, 6) is 0.108. The van der Waals surface area contributed by atoms with Crippen LogP contribution in [0.3, 0.4) is 0 Å². The first kappa shape index (κ1) is 16.4. The number of nitrogens with zero attached hydrogens (tertiary/aromatic N) is 1. The number of amides is 1. The average Bonchev–Trinajstić information content (AvgIpc) is 2.86. The largest absolute Gasteiger partial charge is 0.380 e. The van der Waals surface area contributed by atoms with Gasteiger partial charge in [0.2, 0.25) is 5.91 Å². The van der Waals surface area contributed by atoms with E-state index in [1.54, 1.807) is 7.11 Å². The quantitative estimate of drug-likeness (QED) is 0.635. The molecule has 0 spiro atoms. The fraction of sp³-hybridized carbons (Fsp3) is 0.929. The minimum Gasteiger partial charge on any atom is -0.380 e. The van der Waals surface area contributed by atoms with Gasteiger partial charge in [0.15, 0.2) is 0 Å². The predicted molar refractivity (Wildman–Crippen MR) is 77.2 cm³/mol. The van der Waals surface area contributed by atoms with Crippen LogP contribution >= 0.6 is 0 Å². The lowest BCUT2D eigenvalue weighted by Crippen LogP contribution is -2.40. The van der Waals surface area contributed by atoms with Gasteiger partial charge >= 0.3 is 0 Å². The summed E-state index contributed by atoms with van der Waals surface area (Å²) in [5.41, 5.74) is 0. The molecule has 0 saturated carbocycles.